The molecule has 0 saturated heterocycles. The van der Waals surface area contributed by atoms with Crippen LogP contribution in [0.2, 0.25) is 5.02 Å². The molecule has 2 aliphatic heterocycles. The minimum atomic E-state index is -4.97. The third kappa shape index (κ3) is 3.55. The molecule has 0 spiro atoms. The number of hydrogen-bond acceptors (Lipinski definition) is 5. The lowest BCUT2D eigenvalue weighted by Crippen LogP contribution is -2.39. The third-order valence-corrected chi connectivity index (χ3v) is 4.17. The Balaban J connectivity index is 1.65. The average molecular weight is 399 g/mol. The Morgan fingerprint density at radius 3 is 2.70 bits per heavy atom. The van der Waals surface area contributed by atoms with Crippen molar-refractivity contribution in [2.45, 2.75) is 6.36 Å². The number of amidine groups is 2. The number of aliphatic imine (C=N–C) groups is 2. The van der Waals surface area contributed by atoms with Crippen molar-refractivity contribution >= 4 is 40.3 Å². The van der Waals surface area contributed by atoms with Gasteiger partial charge in [0.2, 0.25) is 0 Å². The summed E-state index contributed by atoms with van der Waals surface area (Å²) in [6.45, 7) is 1.21. The Morgan fingerprint density at radius 1 is 1.15 bits per heavy atom. The van der Waals surface area contributed by atoms with Gasteiger partial charge in [-0.2, -0.15) is 0 Å². The molecule has 140 valence electrons. The molecule has 0 fully saturated rings. The first-order chi connectivity index (χ1) is 12.8. The highest BCUT2D eigenvalue weighted by Gasteiger charge is 2.33. The summed E-state index contributed by atoms with van der Waals surface area (Å²) in [5.74, 6) is -1.13. The van der Waals surface area contributed by atoms with Crippen LogP contribution < -0.4 is 15.0 Å². The van der Waals surface area contributed by atoms with Gasteiger partial charge in [-0.1, -0.05) is 11.6 Å². The van der Waals surface area contributed by atoms with E-state index < -0.39 is 17.9 Å². The quantitative estimate of drug-likeness (QED) is 0.742. The van der Waals surface area contributed by atoms with Crippen LogP contribution >= 0.6 is 11.6 Å². The second-order valence-corrected chi connectivity index (χ2v) is 6.20. The fourth-order valence-corrected chi connectivity index (χ4v) is 3.04. The molecule has 1 N–H and O–H groups in total. The van der Waals surface area contributed by atoms with Gasteiger partial charge >= 0.3 is 6.36 Å². The Kier molecular flexibility index (Phi) is 4.18. The fraction of sp³-hybridized carbons (Fsp3) is 0.176. The third-order valence-electron chi connectivity index (χ3n) is 3.93. The number of nitrogens with one attached hydrogen (secondary N) is 1. The lowest BCUT2D eigenvalue weighted by molar-refractivity contribution is -0.275. The number of nitrogens with zero attached hydrogens (tertiary/aromatic N) is 3. The molecular weight excluding hydrogens is 388 g/mol. The highest BCUT2D eigenvalue weighted by atomic mass is 35.5. The van der Waals surface area contributed by atoms with Crippen LogP contribution in [0.3, 0.4) is 0 Å². The van der Waals surface area contributed by atoms with Gasteiger partial charge < -0.3 is 15.0 Å². The van der Waals surface area contributed by atoms with E-state index in [-0.39, 0.29) is 5.69 Å². The summed E-state index contributed by atoms with van der Waals surface area (Å²) in [5, 5.41) is 3.41. The van der Waals surface area contributed by atoms with Crippen molar-refractivity contribution in [2.75, 3.05) is 23.3 Å². The van der Waals surface area contributed by atoms with E-state index in [0.29, 0.717) is 35.5 Å². The lowest BCUT2D eigenvalue weighted by atomic mass is 10.2. The number of anilines is 2. The molecule has 0 radical (unpaired) electrons. The van der Waals surface area contributed by atoms with Gasteiger partial charge in [0.25, 0.3) is 0 Å². The summed E-state index contributed by atoms with van der Waals surface area (Å²) in [7, 11) is 0. The number of ether oxygens (including phenoxy) is 1. The zero-order chi connectivity index (χ0) is 19.2. The van der Waals surface area contributed by atoms with E-state index in [0.717, 1.165) is 17.8 Å². The van der Waals surface area contributed by atoms with Gasteiger partial charge in [-0.05, 0) is 30.3 Å². The van der Waals surface area contributed by atoms with Crippen LogP contribution in [-0.4, -0.2) is 31.1 Å². The molecule has 0 saturated carbocycles. The Labute approximate surface area is 155 Å². The van der Waals surface area contributed by atoms with Gasteiger partial charge in [-0.3, -0.25) is 4.99 Å². The summed E-state index contributed by atoms with van der Waals surface area (Å²) in [6.07, 6.45) is -4.97. The minimum Gasteiger partial charge on any atom is -0.403 e. The molecule has 2 aromatic carbocycles. The number of fused-ring (bicyclic) bond motifs is 3. The molecule has 4 rings (SSSR count). The summed E-state index contributed by atoms with van der Waals surface area (Å²) >= 11 is 6.02. The molecule has 5 nitrogen and oxygen atoms in total. The number of alkyl halides is 3. The molecule has 0 unspecified atom stereocenters. The van der Waals surface area contributed by atoms with E-state index >= 15 is 0 Å². The molecule has 0 atom stereocenters. The van der Waals surface area contributed by atoms with Crippen molar-refractivity contribution in [2.24, 2.45) is 9.98 Å². The van der Waals surface area contributed by atoms with Gasteiger partial charge in [-0.15, -0.1) is 13.2 Å². The topological polar surface area (TPSA) is 49.2 Å². The first-order valence-corrected chi connectivity index (χ1v) is 8.21. The maximum atomic E-state index is 13.9. The van der Waals surface area contributed by atoms with Crippen LogP contribution in [0.15, 0.2) is 46.4 Å². The normalized spacial score (nSPS) is 15.7. The number of hydrogen-bond donors (Lipinski definition) is 1. The Hall–Kier alpha value is -2.81. The highest BCUT2D eigenvalue weighted by Crippen LogP contribution is 2.37. The van der Waals surface area contributed by atoms with Crippen molar-refractivity contribution in [3.63, 3.8) is 0 Å². The number of benzene rings is 2. The average Bonchev–Trinajstić information content (AvgIpc) is 3.06. The molecule has 0 aromatic heterocycles. The lowest BCUT2D eigenvalue weighted by Gasteiger charge is -2.27. The molecule has 0 bridgehead atoms. The van der Waals surface area contributed by atoms with Crippen LogP contribution in [0, 0.1) is 5.82 Å². The zero-order valence-electron chi connectivity index (χ0n) is 13.5. The number of rotatable bonds is 2. The predicted molar refractivity (Wildman–Crippen MR) is 94.9 cm³/mol. The van der Waals surface area contributed by atoms with E-state index in [4.69, 9.17) is 11.6 Å². The van der Waals surface area contributed by atoms with Crippen molar-refractivity contribution in [3.8, 4) is 5.75 Å². The van der Waals surface area contributed by atoms with Crippen molar-refractivity contribution in [3.05, 3.63) is 47.2 Å². The summed E-state index contributed by atoms with van der Waals surface area (Å²) in [6, 6.07) is 8.33. The monoisotopic (exact) mass is 398 g/mol. The van der Waals surface area contributed by atoms with Crippen LogP contribution in [0.1, 0.15) is 0 Å². The molecule has 27 heavy (non-hydrogen) atoms. The zero-order valence-corrected chi connectivity index (χ0v) is 14.3. The van der Waals surface area contributed by atoms with Crippen molar-refractivity contribution < 1.29 is 22.3 Å². The van der Waals surface area contributed by atoms with E-state index in [1.807, 2.05) is 11.0 Å². The van der Waals surface area contributed by atoms with E-state index in [2.05, 4.69) is 20.0 Å². The van der Waals surface area contributed by atoms with E-state index in [1.54, 1.807) is 12.1 Å². The Bertz CT molecular complexity index is 974. The first-order valence-electron chi connectivity index (χ1n) is 7.83. The Morgan fingerprint density at radius 2 is 1.96 bits per heavy atom. The van der Waals surface area contributed by atoms with Gasteiger partial charge in [-0.25, -0.2) is 9.38 Å². The van der Waals surface area contributed by atoms with Crippen LogP contribution in [0.5, 0.6) is 5.75 Å². The molecule has 2 aromatic rings. The van der Waals surface area contributed by atoms with Gasteiger partial charge in [0.15, 0.2) is 23.2 Å². The largest absolute Gasteiger partial charge is 0.573 e. The molecule has 0 amide bonds. The van der Waals surface area contributed by atoms with Gasteiger partial charge in [0.1, 0.15) is 0 Å². The predicted octanol–water partition coefficient (Wildman–Crippen LogP) is 4.75. The molecule has 2 aliphatic rings. The van der Waals surface area contributed by atoms with Crippen molar-refractivity contribution in [1.29, 1.82) is 0 Å². The maximum Gasteiger partial charge on any atom is 0.573 e. The smallest absolute Gasteiger partial charge is 0.403 e. The SMILES string of the molecule is Fc1cc(NC2=Nc3cc(Cl)ccc3N3CCN=C23)ccc1OC(F)(F)F. The minimum absolute atomic E-state index is 0.209. The van der Waals surface area contributed by atoms with Gasteiger partial charge in [0.05, 0.1) is 17.9 Å². The van der Waals surface area contributed by atoms with Crippen LogP contribution in [0.25, 0.3) is 0 Å². The summed E-state index contributed by atoms with van der Waals surface area (Å²) in [4.78, 5) is 10.8. The standard InChI is InChI=1S/C17H11ClF4N4O/c18-9-1-3-13-12(7-9)25-15(16-23-5-6-26(13)16)24-10-2-4-14(11(19)8-10)27-17(20,21)22/h1-4,7-8H,5-6H2,(H,24,25). The number of halogens is 5. The summed E-state index contributed by atoms with van der Waals surface area (Å²) in [5.41, 5.74) is 1.67. The molecular formula is C17H11ClF4N4O. The van der Waals surface area contributed by atoms with Crippen LogP contribution in [0.4, 0.5) is 34.6 Å². The molecule has 10 heteroatoms. The van der Waals surface area contributed by atoms with E-state index in [1.165, 1.54) is 6.07 Å². The second kappa shape index (κ2) is 6.41. The summed E-state index contributed by atoms with van der Waals surface area (Å²) < 4.78 is 54.3. The van der Waals surface area contributed by atoms with Crippen LogP contribution in [-0.2, 0) is 0 Å². The van der Waals surface area contributed by atoms with Gasteiger partial charge in [0, 0.05) is 23.3 Å². The highest BCUT2D eigenvalue weighted by molar-refractivity contribution is 6.51. The van der Waals surface area contributed by atoms with Crippen molar-refractivity contribution in [1.82, 2.24) is 0 Å². The van der Waals surface area contributed by atoms with E-state index in [9.17, 15) is 17.6 Å². The molecule has 0 aliphatic carbocycles. The molecule has 2 heterocycles. The maximum absolute atomic E-state index is 13.9. The second-order valence-electron chi connectivity index (χ2n) is 5.77. The fourth-order valence-electron chi connectivity index (χ4n) is 2.88. The first kappa shape index (κ1) is 17.6.